The van der Waals surface area contributed by atoms with Crippen molar-refractivity contribution in [1.29, 1.82) is 0 Å². The van der Waals surface area contributed by atoms with E-state index in [1.54, 1.807) is 0 Å². The molecular formula is C18H15N3O2S. The number of aromatic amines is 1. The molecule has 0 aliphatic carbocycles. The Kier molecular flexibility index (Phi) is 4.20. The van der Waals surface area contributed by atoms with Crippen LogP contribution >= 0.6 is 11.8 Å². The van der Waals surface area contributed by atoms with Crippen LogP contribution in [0.25, 0.3) is 22.4 Å². The zero-order valence-electron chi connectivity index (χ0n) is 12.8. The molecule has 24 heavy (non-hydrogen) atoms. The smallest absolute Gasteiger partial charge is 0.276 e. The van der Waals surface area contributed by atoms with Crippen LogP contribution in [0.3, 0.4) is 0 Å². The summed E-state index contributed by atoms with van der Waals surface area (Å²) < 4.78 is 11.4. The molecule has 5 nitrogen and oxygen atoms in total. The van der Waals surface area contributed by atoms with Gasteiger partial charge in [-0.3, -0.25) is 0 Å². The van der Waals surface area contributed by atoms with E-state index in [0.717, 1.165) is 28.0 Å². The third-order valence-corrected chi connectivity index (χ3v) is 4.33. The van der Waals surface area contributed by atoms with Crippen LogP contribution in [-0.2, 0) is 0 Å². The second kappa shape index (κ2) is 6.80. The molecule has 0 amide bonds. The van der Waals surface area contributed by atoms with Crippen LogP contribution in [0.2, 0.25) is 0 Å². The molecule has 2 aromatic heterocycles. The number of aromatic nitrogens is 3. The minimum atomic E-state index is 0.527. The summed E-state index contributed by atoms with van der Waals surface area (Å²) >= 11 is 1.49. The molecule has 0 saturated carbocycles. The minimum absolute atomic E-state index is 0.527. The second-order valence-electron chi connectivity index (χ2n) is 5.13. The van der Waals surface area contributed by atoms with Gasteiger partial charge < -0.3 is 14.1 Å². The lowest BCUT2D eigenvalue weighted by molar-refractivity contribution is 0.343. The molecule has 4 rings (SSSR count). The Morgan fingerprint density at radius 1 is 1.00 bits per heavy atom. The van der Waals surface area contributed by atoms with E-state index in [0.29, 0.717) is 17.7 Å². The van der Waals surface area contributed by atoms with Crippen molar-refractivity contribution in [3.8, 4) is 17.2 Å². The van der Waals surface area contributed by atoms with Crippen LogP contribution in [0.4, 0.5) is 0 Å². The molecule has 0 bridgehead atoms. The highest BCUT2D eigenvalue weighted by atomic mass is 32.2. The number of para-hydroxylation sites is 2. The first-order valence-electron chi connectivity index (χ1n) is 7.61. The summed E-state index contributed by atoms with van der Waals surface area (Å²) in [5, 5.41) is 9.87. The van der Waals surface area contributed by atoms with Crippen molar-refractivity contribution in [2.45, 2.75) is 5.22 Å². The number of thioether (sulfide) groups is 1. The van der Waals surface area contributed by atoms with Gasteiger partial charge >= 0.3 is 0 Å². The highest BCUT2D eigenvalue weighted by Crippen LogP contribution is 2.29. The summed E-state index contributed by atoms with van der Waals surface area (Å²) in [6.45, 7) is 0.583. The van der Waals surface area contributed by atoms with E-state index in [4.69, 9.17) is 9.15 Å². The van der Waals surface area contributed by atoms with Crippen LogP contribution in [0, 0.1) is 0 Å². The van der Waals surface area contributed by atoms with Crippen molar-refractivity contribution in [3.05, 3.63) is 60.8 Å². The highest BCUT2D eigenvalue weighted by Gasteiger charge is 2.13. The molecule has 4 aromatic rings. The van der Waals surface area contributed by atoms with E-state index < -0.39 is 0 Å². The van der Waals surface area contributed by atoms with Crippen LogP contribution < -0.4 is 4.74 Å². The number of nitrogens with zero attached hydrogens (tertiary/aromatic N) is 2. The van der Waals surface area contributed by atoms with Crippen LogP contribution in [0.15, 0.2) is 70.4 Å². The van der Waals surface area contributed by atoms with Gasteiger partial charge in [0.05, 0.1) is 12.2 Å². The van der Waals surface area contributed by atoms with Crippen molar-refractivity contribution in [3.63, 3.8) is 0 Å². The van der Waals surface area contributed by atoms with E-state index in [1.807, 2.05) is 60.8 Å². The molecular weight excluding hydrogens is 322 g/mol. The van der Waals surface area contributed by atoms with E-state index in [9.17, 15) is 0 Å². The van der Waals surface area contributed by atoms with Crippen LogP contribution in [0.1, 0.15) is 0 Å². The first kappa shape index (κ1) is 14.8. The summed E-state index contributed by atoms with van der Waals surface area (Å²) in [5.41, 5.74) is 1.97. The molecule has 0 aliphatic rings. The van der Waals surface area contributed by atoms with Crippen LogP contribution in [0.5, 0.6) is 5.75 Å². The van der Waals surface area contributed by atoms with Gasteiger partial charge in [-0.15, -0.1) is 10.2 Å². The van der Waals surface area contributed by atoms with E-state index >= 15 is 0 Å². The predicted octanol–water partition coefficient (Wildman–Crippen LogP) is 4.39. The minimum Gasteiger partial charge on any atom is -0.493 e. The van der Waals surface area contributed by atoms with E-state index in [2.05, 4.69) is 15.2 Å². The molecule has 2 heterocycles. The number of benzene rings is 2. The van der Waals surface area contributed by atoms with Gasteiger partial charge in [-0.2, -0.15) is 0 Å². The Balaban J connectivity index is 1.38. The molecule has 0 saturated heterocycles. The number of nitrogens with one attached hydrogen (secondary N) is 1. The average Bonchev–Trinajstić information content (AvgIpc) is 3.26. The fourth-order valence-corrected chi connectivity index (χ4v) is 3.01. The molecule has 0 atom stereocenters. The van der Waals surface area contributed by atoms with E-state index in [-0.39, 0.29) is 0 Å². The normalized spacial score (nSPS) is 11.0. The molecule has 2 aromatic carbocycles. The molecule has 0 spiro atoms. The summed E-state index contributed by atoms with van der Waals surface area (Å²) in [5.74, 6) is 2.13. The van der Waals surface area contributed by atoms with Crippen molar-refractivity contribution < 1.29 is 9.15 Å². The van der Waals surface area contributed by atoms with Gasteiger partial charge in [-0.25, -0.2) is 0 Å². The molecule has 1 N–H and O–H groups in total. The highest BCUT2D eigenvalue weighted by molar-refractivity contribution is 7.99. The first-order valence-corrected chi connectivity index (χ1v) is 8.59. The molecule has 0 aliphatic heterocycles. The Labute approximate surface area is 143 Å². The summed E-state index contributed by atoms with van der Waals surface area (Å²) in [4.78, 5) is 3.21. The van der Waals surface area contributed by atoms with Crippen molar-refractivity contribution in [2.24, 2.45) is 0 Å². The summed E-state index contributed by atoms with van der Waals surface area (Å²) in [6.07, 6.45) is 1.89. The number of H-pyrrole nitrogens is 1. The van der Waals surface area contributed by atoms with Crippen LogP contribution in [-0.4, -0.2) is 27.5 Å². The lowest BCUT2D eigenvalue weighted by Gasteiger charge is -2.03. The molecule has 6 heteroatoms. The van der Waals surface area contributed by atoms with Gasteiger partial charge in [-0.1, -0.05) is 48.2 Å². The number of fused-ring (bicyclic) bond motifs is 1. The lowest BCUT2D eigenvalue weighted by atomic mass is 10.2. The quantitative estimate of drug-likeness (QED) is 0.417. The summed E-state index contributed by atoms with van der Waals surface area (Å²) in [6, 6.07) is 17.8. The van der Waals surface area contributed by atoms with Gasteiger partial charge in [-0.05, 0) is 18.2 Å². The van der Waals surface area contributed by atoms with Crippen molar-refractivity contribution >= 4 is 22.7 Å². The molecule has 120 valence electrons. The van der Waals surface area contributed by atoms with Gasteiger partial charge in [0.15, 0.2) is 0 Å². The average molecular weight is 337 g/mol. The SMILES string of the molecule is c1ccc(OCCSc2nnc(-c3c[nH]c4ccccc34)o2)cc1. The zero-order chi connectivity index (χ0) is 16.2. The number of hydrogen-bond acceptors (Lipinski definition) is 5. The summed E-state index contributed by atoms with van der Waals surface area (Å²) in [7, 11) is 0. The lowest BCUT2D eigenvalue weighted by Crippen LogP contribution is -1.99. The number of rotatable bonds is 6. The second-order valence-corrected chi connectivity index (χ2v) is 6.18. The third kappa shape index (κ3) is 3.14. The molecule has 0 radical (unpaired) electrons. The fourth-order valence-electron chi connectivity index (χ4n) is 2.43. The maximum Gasteiger partial charge on any atom is 0.276 e. The number of ether oxygens (including phenoxy) is 1. The van der Waals surface area contributed by atoms with Gasteiger partial charge in [0.25, 0.3) is 11.1 Å². The Hall–Kier alpha value is -2.73. The van der Waals surface area contributed by atoms with Gasteiger partial charge in [0.1, 0.15) is 5.75 Å². The Morgan fingerprint density at radius 2 is 1.83 bits per heavy atom. The molecule has 0 fully saturated rings. The molecule has 0 unspecified atom stereocenters. The maximum atomic E-state index is 5.75. The van der Waals surface area contributed by atoms with E-state index in [1.165, 1.54) is 11.8 Å². The Bertz CT molecular complexity index is 934. The topological polar surface area (TPSA) is 63.9 Å². The van der Waals surface area contributed by atoms with Gasteiger partial charge in [0, 0.05) is 22.9 Å². The first-order chi connectivity index (χ1) is 11.9. The van der Waals surface area contributed by atoms with Crippen molar-refractivity contribution in [1.82, 2.24) is 15.2 Å². The van der Waals surface area contributed by atoms with Crippen molar-refractivity contribution in [2.75, 3.05) is 12.4 Å². The third-order valence-electron chi connectivity index (χ3n) is 3.55. The zero-order valence-corrected chi connectivity index (χ0v) is 13.6. The fraction of sp³-hybridized carbons (Fsp3) is 0.111. The van der Waals surface area contributed by atoms with Gasteiger partial charge in [0.2, 0.25) is 0 Å². The monoisotopic (exact) mass is 337 g/mol. The number of hydrogen-bond donors (Lipinski definition) is 1. The maximum absolute atomic E-state index is 5.75. The largest absolute Gasteiger partial charge is 0.493 e. The standard InChI is InChI=1S/C18H15N3O2S/c1-2-6-13(7-3-1)22-10-11-24-18-21-20-17(23-18)15-12-19-16-9-5-4-8-14(15)16/h1-9,12,19H,10-11H2. The predicted molar refractivity (Wildman–Crippen MR) is 94.3 cm³/mol. The Morgan fingerprint density at radius 3 is 2.75 bits per heavy atom.